The molecule has 0 aromatic heterocycles. The van der Waals surface area contributed by atoms with Crippen LogP contribution in [-0.2, 0) is 42.6 Å². The third kappa shape index (κ3) is 106. The van der Waals surface area contributed by atoms with Crippen LogP contribution in [0.5, 0.6) is 0 Å². The van der Waals surface area contributed by atoms with Crippen LogP contribution in [0.1, 0.15) is 0 Å². The van der Waals surface area contributed by atoms with Gasteiger partial charge < -0.3 is 0 Å². The number of terminal acetylenes is 1. The number of hydrogen-bond acceptors (Lipinski definition) is 1. The van der Waals surface area contributed by atoms with Crippen LogP contribution in [0.25, 0.3) is 0 Å². The maximum atomic E-state index is 7.50. The van der Waals surface area contributed by atoms with Crippen LogP contribution in [0.2, 0.25) is 0 Å². The zero-order valence-corrected chi connectivity index (χ0v) is 11.9. The molecule has 7 heteroatoms. The second-order valence-electron chi connectivity index (χ2n) is 1.34. The van der Waals surface area contributed by atoms with E-state index in [9.17, 15) is 0 Å². The van der Waals surface area contributed by atoms with Crippen LogP contribution >= 0.6 is 0 Å². The van der Waals surface area contributed by atoms with Crippen molar-refractivity contribution in [3.05, 3.63) is 33.3 Å². The van der Waals surface area contributed by atoms with Crippen molar-refractivity contribution < 1.29 is 42.6 Å². The fourth-order valence-electron chi connectivity index (χ4n) is 0.129. The van der Waals surface area contributed by atoms with Crippen LogP contribution in [0.3, 0.4) is 0 Å². The van der Waals surface area contributed by atoms with Crippen LogP contribution in [0.4, 0.5) is 0 Å². The summed E-state index contributed by atoms with van der Waals surface area (Å²) in [5.74, 6) is 2.54. The molecule has 0 rings (SSSR count). The Kier molecular flexibility index (Phi) is 178. The van der Waals surface area contributed by atoms with Crippen LogP contribution in [0, 0.1) is 45.6 Å². The van der Waals surface area contributed by atoms with E-state index in [0.717, 1.165) is 4.02 Å². The van der Waals surface area contributed by atoms with Crippen molar-refractivity contribution in [1.82, 2.24) is 4.90 Å². The Labute approximate surface area is 111 Å². The quantitative estimate of drug-likeness (QED) is 0.333. The molecule has 0 aliphatic heterocycles. The van der Waals surface area contributed by atoms with Gasteiger partial charge in [0.25, 0.3) is 0 Å². The maximum absolute atomic E-state index is 7.50. The van der Waals surface area contributed by atoms with Crippen molar-refractivity contribution >= 4 is 4.02 Å². The van der Waals surface area contributed by atoms with Gasteiger partial charge in [-0.05, 0) is 0 Å². The normalized spacial score (nSPS) is 4.00. The molecule has 0 heterocycles. The number of nitrogens with zero attached hydrogens (tertiary/aromatic N) is 1. The summed E-state index contributed by atoms with van der Waals surface area (Å²) in [7, 11) is 3.89. The Bertz CT molecular complexity index is 245. The first-order valence-corrected chi connectivity index (χ1v) is 4.35. The molecule has 17 heavy (non-hydrogen) atoms. The van der Waals surface area contributed by atoms with Crippen molar-refractivity contribution in [2.24, 2.45) is 0 Å². The first-order chi connectivity index (χ1) is 8.18. The van der Waals surface area contributed by atoms with Gasteiger partial charge in [-0.15, -0.1) is 0 Å². The molecule has 0 aromatic rings. The molecule has 6 nitrogen and oxygen atoms in total. The molecule has 0 saturated carbocycles. The molecule has 0 aromatic carbocycles. The van der Waals surface area contributed by atoms with Gasteiger partial charge in [0, 0.05) is 0 Å². The fraction of sp³-hybridized carbons (Fsp3) is 0.200. The third-order valence-electron chi connectivity index (χ3n) is 0.530. The summed E-state index contributed by atoms with van der Waals surface area (Å²) in [6, 6.07) is 0. The van der Waals surface area contributed by atoms with E-state index >= 15 is 0 Å². The first kappa shape index (κ1) is 36.0. The van der Waals surface area contributed by atoms with E-state index in [0.29, 0.717) is 0 Å². The zero-order chi connectivity index (χ0) is 15.9. The Morgan fingerprint density at radius 1 is 0.882 bits per heavy atom. The molecular weight excluding hydrogens is 398 g/mol. The van der Waals surface area contributed by atoms with Crippen LogP contribution in [0.15, 0.2) is 0 Å². The van der Waals surface area contributed by atoms with Gasteiger partial charge in [0.05, 0.1) is 0 Å². The summed E-state index contributed by atoms with van der Waals surface area (Å²) < 4.78 is 38.5. The SMILES string of the molecule is C#C[C](=[W])N(C)C.[C-]#[O+].[C-]#[O+].[C-]#[O+].[C-]#[O+].[C-]#[O+]. The van der Waals surface area contributed by atoms with Gasteiger partial charge in [0.1, 0.15) is 0 Å². The van der Waals surface area contributed by atoms with Gasteiger partial charge in [0.15, 0.2) is 0 Å². The molecule has 0 atom stereocenters. The molecule has 0 aliphatic carbocycles. The summed E-state index contributed by atoms with van der Waals surface area (Å²) in [5.41, 5.74) is 0. The minimum atomic E-state index is 1.04. The molecule has 0 aliphatic rings. The average Bonchev–Trinajstić information content (AvgIpc) is 2.48. The molecule has 0 saturated heterocycles. The van der Waals surface area contributed by atoms with Crippen molar-refractivity contribution in [3.63, 3.8) is 0 Å². The van der Waals surface area contributed by atoms with E-state index in [1.807, 2.05) is 19.0 Å². The second kappa shape index (κ2) is 84.0. The summed E-state index contributed by atoms with van der Waals surface area (Å²) in [5, 5.41) is 0. The molecule has 0 spiro atoms. The van der Waals surface area contributed by atoms with E-state index in [-0.39, 0.29) is 0 Å². The molecule has 0 unspecified atom stereocenters. The molecule has 0 N–H and O–H groups in total. The molecule has 88 valence electrons. The standard InChI is InChI=1S/C5H7N.5CO.W/c1-4-5-6(2)3;5*1-2;/h1H,2-3H3;;;;;;. The number of hydrogen-bond donors (Lipinski definition) is 0. The molecule has 0 fully saturated rings. The molecule has 0 bridgehead atoms. The van der Waals surface area contributed by atoms with Crippen molar-refractivity contribution in [3.8, 4) is 12.3 Å². The second-order valence-corrected chi connectivity index (χ2v) is 2.73. The van der Waals surface area contributed by atoms with Crippen LogP contribution in [-0.4, -0.2) is 23.0 Å². The Morgan fingerprint density at radius 3 is 1.06 bits per heavy atom. The predicted octanol–water partition coefficient (Wildman–Crippen LogP) is -0.330. The van der Waals surface area contributed by atoms with Gasteiger partial charge in [-0.1, -0.05) is 0 Å². The van der Waals surface area contributed by atoms with Crippen LogP contribution < -0.4 is 0 Å². The van der Waals surface area contributed by atoms with Crippen molar-refractivity contribution in [2.45, 2.75) is 0 Å². The van der Waals surface area contributed by atoms with Gasteiger partial charge in [-0.25, -0.2) is 0 Å². The van der Waals surface area contributed by atoms with E-state index in [1.165, 1.54) is 19.4 Å². The van der Waals surface area contributed by atoms with E-state index in [2.05, 4.69) is 39.2 Å². The van der Waals surface area contributed by atoms with Crippen molar-refractivity contribution in [1.29, 1.82) is 0 Å². The predicted molar refractivity (Wildman–Crippen MR) is 47.2 cm³/mol. The van der Waals surface area contributed by atoms with Gasteiger partial charge in [0.2, 0.25) is 0 Å². The van der Waals surface area contributed by atoms with Gasteiger partial charge >= 0.3 is 111 Å². The van der Waals surface area contributed by atoms with Gasteiger partial charge in [-0.2, -0.15) is 0 Å². The van der Waals surface area contributed by atoms with E-state index < -0.39 is 0 Å². The average molecular weight is 405 g/mol. The summed E-state index contributed by atoms with van der Waals surface area (Å²) >= 11 is 1.35. The Hall–Kier alpha value is -1.22. The molecular formula is C10H7NO5W. The summed E-state index contributed by atoms with van der Waals surface area (Å²) in [6.45, 7) is 22.5. The van der Waals surface area contributed by atoms with Crippen molar-refractivity contribution in [2.75, 3.05) is 14.1 Å². The Balaban J connectivity index is -0.0000000257. The fourth-order valence-corrected chi connectivity index (χ4v) is 0.129. The van der Waals surface area contributed by atoms with Gasteiger partial charge in [-0.3, -0.25) is 0 Å². The van der Waals surface area contributed by atoms with E-state index in [4.69, 9.17) is 29.7 Å². The molecule has 0 radical (unpaired) electrons. The monoisotopic (exact) mass is 405 g/mol. The van der Waals surface area contributed by atoms with E-state index in [1.54, 1.807) is 0 Å². The molecule has 0 amide bonds. The summed E-state index contributed by atoms with van der Waals surface area (Å²) in [4.78, 5) is 1.94. The Morgan fingerprint density at radius 2 is 1.06 bits per heavy atom. The topological polar surface area (TPSA) is 103 Å². The third-order valence-corrected chi connectivity index (χ3v) is 2.26. The number of rotatable bonds is 1. The minimum absolute atomic E-state index is 1.04. The zero-order valence-electron chi connectivity index (χ0n) is 8.97. The first-order valence-electron chi connectivity index (χ1n) is 2.88. The summed E-state index contributed by atoms with van der Waals surface area (Å²) in [6.07, 6.45) is 5.07.